The number of aliphatic carboxylic acids is 1. The van der Waals surface area contributed by atoms with Crippen LogP contribution in [0.2, 0.25) is 0 Å². The largest absolute Gasteiger partial charge is 0.508 e. The number of benzene rings is 1. The summed E-state index contributed by atoms with van der Waals surface area (Å²) in [6.45, 7) is 3.38. The Morgan fingerprint density at radius 3 is 2.17 bits per heavy atom. The van der Waals surface area contributed by atoms with Crippen molar-refractivity contribution >= 4 is 36.3 Å². The van der Waals surface area contributed by atoms with Crippen LogP contribution in [0.5, 0.6) is 5.75 Å². The van der Waals surface area contributed by atoms with Gasteiger partial charge in [0.1, 0.15) is 23.9 Å². The Labute approximate surface area is 213 Å². The molecular formula is C23H32N6O6S. The molecule has 36 heavy (non-hydrogen) atoms. The molecule has 0 saturated carbocycles. The number of carboxylic acid groups (broad SMARTS) is 1. The third-order valence-corrected chi connectivity index (χ3v) is 5.75. The first-order valence-corrected chi connectivity index (χ1v) is 11.9. The summed E-state index contributed by atoms with van der Waals surface area (Å²) in [5, 5.41) is 26.2. The minimum absolute atomic E-state index is 0.0460. The van der Waals surface area contributed by atoms with Gasteiger partial charge in [-0.1, -0.05) is 26.0 Å². The number of carbonyl (C=O) groups excluding carboxylic acids is 3. The molecule has 3 amide bonds. The molecule has 12 nitrogen and oxygen atoms in total. The van der Waals surface area contributed by atoms with E-state index in [4.69, 9.17) is 5.73 Å². The summed E-state index contributed by atoms with van der Waals surface area (Å²) in [5.41, 5.74) is 7.34. The van der Waals surface area contributed by atoms with Crippen LogP contribution in [0.3, 0.4) is 0 Å². The molecule has 1 aromatic heterocycles. The van der Waals surface area contributed by atoms with Crippen molar-refractivity contribution in [2.24, 2.45) is 11.7 Å². The van der Waals surface area contributed by atoms with Crippen molar-refractivity contribution in [3.05, 3.63) is 48.0 Å². The van der Waals surface area contributed by atoms with Gasteiger partial charge in [-0.15, -0.1) is 0 Å². The van der Waals surface area contributed by atoms with Gasteiger partial charge in [0, 0.05) is 24.1 Å². The van der Waals surface area contributed by atoms with Crippen LogP contribution in [-0.2, 0) is 32.0 Å². The van der Waals surface area contributed by atoms with Gasteiger partial charge in [-0.25, -0.2) is 9.78 Å². The number of rotatable bonds is 13. The number of thiol groups is 1. The van der Waals surface area contributed by atoms with E-state index in [9.17, 15) is 29.4 Å². The molecule has 2 aromatic rings. The maximum Gasteiger partial charge on any atom is 0.327 e. The Balaban J connectivity index is 2.14. The fourth-order valence-corrected chi connectivity index (χ4v) is 3.57. The predicted molar refractivity (Wildman–Crippen MR) is 134 cm³/mol. The van der Waals surface area contributed by atoms with E-state index in [-0.39, 0.29) is 30.3 Å². The molecule has 4 atom stereocenters. The Bertz CT molecular complexity index is 1030. The van der Waals surface area contributed by atoms with Crippen molar-refractivity contribution in [2.75, 3.05) is 5.75 Å². The molecule has 1 aromatic carbocycles. The number of hydrogen-bond donors (Lipinski definition) is 8. The quantitative estimate of drug-likeness (QED) is 0.159. The lowest BCUT2D eigenvalue weighted by Crippen LogP contribution is -2.59. The number of imidazole rings is 1. The van der Waals surface area contributed by atoms with Gasteiger partial charge < -0.3 is 36.9 Å². The van der Waals surface area contributed by atoms with E-state index < -0.39 is 47.9 Å². The summed E-state index contributed by atoms with van der Waals surface area (Å²) in [6.07, 6.45) is 3.14. The summed E-state index contributed by atoms with van der Waals surface area (Å²) in [7, 11) is 0. The Hall–Kier alpha value is -3.58. The number of nitrogens with one attached hydrogen (secondary N) is 4. The highest BCUT2D eigenvalue weighted by Crippen LogP contribution is 2.11. The number of phenolic OH excluding ortho intramolecular Hbond substituents is 1. The van der Waals surface area contributed by atoms with Crippen LogP contribution in [0.25, 0.3) is 0 Å². The monoisotopic (exact) mass is 520 g/mol. The van der Waals surface area contributed by atoms with E-state index in [1.54, 1.807) is 26.0 Å². The zero-order valence-corrected chi connectivity index (χ0v) is 20.9. The molecule has 0 aliphatic carbocycles. The van der Waals surface area contributed by atoms with Crippen molar-refractivity contribution in [3.8, 4) is 5.75 Å². The van der Waals surface area contributed by atoms with Crippen molar-refractivity contribution in [1.29, 1.82) is 0 Å². The minimum Gasteiger partial charge on any atom is -0.508 e. The molecule has 4 unspecified atom stereocenters. The topological polar surface area (TPSA) is 200 Å². The van der Waals surface area contributed by atoms with Crippen molar-refractivity contribution < 1.29 is 29.4 Å². The lowest BCUT2D eigenvalue weighted by molar-refractivity contribution is -0.142. The third kappa shape index (κ3) is 8.57. The maximum atomic E-state index is 13.2. The molecule has 13 heteroatoms. The van der Waals surface area contributed by atoms with Crippen molar-refractivity contribution in [1.82, 2.24) is 25.9 Å². The Kier molecular flexibility index (Phi) is 10.7. The fourth-order valence-electron chi connectivity index (χ4n) is 3.32. The highest BCUT2D eigenvalue weighted by Gasteiger charge is 2.32. The second kappa shape index (κ2) is 13.5. The molecule has 0 aliphatic heterocycles. The van der Waals surface area contributed by atoms with Crippen LogP contribution in [0.15, 0.2) is 36.8 Å². The lowest BCUT2D eigenvalue weighted by atomic mass is 10.0. The van der Waals surface area contributed by atoms with E-state index in [2.05, 4.69) is 38.5 Å². The summed E-state index contributed by atoms with van der Waals surface area (Å²) in [4.78, 5) is 56.8. The van der Waals surface area contributed by atoms with Crippen molar-refractivity contribution in [3.63, 3.8) is 0 Å². The SMILES string of the molecule is CC(C)C(NC(=O)C(Cc1cnc[nH]1)NC(=O)C(N)Cc1ccc(O)cc1)C(=O)NC(CS)C(=O)O. The van der Waals surface area contributed by atoms with Crippen LogP contribution in [0.1, 0.15) is 25.1 Å². The normalized spacial score (nSPS) is 14.4. The first kappa shape index (κ1) is 28.7. The molecular weight excluding hydrogens is 488 g/mol. The first-order valence-electron chi connectivity index (χ1n) is 11.3. The summed E-state index contributed by atoms with van der Waals surface area (Å²) in [6, 6.07) is 1.86. The van der Waals surface area contributed by atoms with Gasteiger partial charge in [-0.2, -0.15) is 12.6 Å². The molecule has 1 heterocycles. The molecule has 196 valence electrons. The van der Waals surface area contributed by atoms with Gasteiger partial charge >= 0.3 is 5.97 Å². The van der Waals surface area contributed by atoms with E-state index >= 15 is 0 Å². The van der Waals surface area contributed by atoms with E-state index in [0.29, 0.717) is 5.69 Å². The molecule has 0 radical (unpaired) electrons. The number of aromatic nitrogens is 2. The smallest absolute Gasteiger partial charge is 0.327 e. The molecule has 0 aliphatic rings. The van der Waals surface area contributed by atoms with Crippen LogP contribution < -0.4 is 21.7 Å². The van der Waals surface area contributed by atoms with Gasteiger partial charge in [0.05, 0.1) is 12.4 Å². The maximum absolute atomic E-state index is 13.2. The van der Waals surface area contributed by atoms with Crippen LogP contribution in [0.4, 0.5) is 0 Å². The molecule has 0 saturated heterocycles. The second-order valence-electron chi connectivity index (χ2n) is 8.63. The Morgan fingerprint density at radius 1 is 1.00 bits per heavy atom. The van der Waals surface area contributed by atoms with E-state index in [1.807, 2.05) is 0 Å². The number of carboxylic acids is 1. The number of aromatic hydroxyl groups is 1. The van der Waals surface area contributed by atoms with Crippen LogP contribution >= 0.6 is 12.6 Å². The predicted octanol–water partition coefficient (Wildman–Crippen LogP) is -0.647. The van der Waals surface area contributed by atoms with Crippen molar-refractivity contribution in [2.45, 2.75) is 50.9 Å². The zero-order valence-electron chi connectivity index (χ0n) is 20.0. The van der Waals surface area contributed by atoms with Gasteiger partial charge in [0.15, 0.2) is 0 Å². The number of hydrogen-bond acceptors (Lipinski definition) is 8. The molecule has 0 spiro atoms. The number of amides is 3. The molecule has 0 fully saturated rings. The van der Waals surface area contributed by atoms with Gasteiger partial charge in [0.2, 0.25) is 17.7 Å². The number of nitrogens with two attached hydrogens (primary N) is 1. The molecule has 0 bridgehead atoms. The molecule has 8 N–H and O–H groups in total. The zero-order chi connectivity index (χ0) is 26.8. The summed E-state index contributed by atoms with van der Waals surface area (Å²) >= 11 is 3.93. The number of H-pyrrole nitrogens is 1. The van der Waals surface area contributed by atoms with E-state index in [1.165, 1.54) is 24.7 Å². The van der Waals surface area contributed by atoms with E-state index in [0.717, 1.165) is 5.56 Å². The fraction of sp³-hybridized carbons (Fsp3) is 0.435. The summed E-state index contributed by atoms with van der Waals surface area (Å²) < 4.78 is 0. The van der Waals surface area contributed by atoms with Gasteiger partial charge in [0.25, 0.3) is 0 Å². The average Bonchev–Trinajstić information content (AvgIpc) is 3.34. The van der Waals surface area contributed by atoms with Gasteiger partial charge in [-0.3, -0.25) is 14.4 Å². The van der Waals surface area contributed by atoms with Crippen LogP contribution in [0, 0.1) is 5.92 Å². The molecule has 2 rings (SSSR count). The Morgan fingerprint density at radius 2 is 1.64 bits per heavy atom. The number of carbonyl (C=O) groups is 4. The second-order valence-corrected chi connectivity index (χ2v) is 9.00. The average molecular weight is 521 g/mol. The highest BCUT2D eigenvalue weighted by atomic mass is 32.1. The highest BCUT2D eigenvalue weighted by molar-refractivity contribution is 7.80. The third-order valence-electron chi connectivity index (χ3n) is 5.38. The van der Waals surface area contributed by atoms with Crippen LogP contribution in [-0.4, -0.2) is 73.8 Å². The number of aromatic amines is 1. The number of phenols is 1. The number of nitrogens with zero attached hydrogens (tertiary/aromatic N) is 1. The lowest BCUT2D eigenvalue weighted by Gasteiger charge is -2.26. The standard InChI is InChI=1S/C23H32N6O6S/c1-12(2)19(22(33)28-18(10-36)23(34)35)29-21(32)17(8-14-9-25-11-26-14)27-20(31)16(24)7-13-3-5-15(30)6-4-13/h3-6,9,11-12,16-19,30,36H,7-8,10,24H2,1-2H3,(H,25,26)(H,27,31)(H,28,33)(H,29,32)(H,34,35). The summed E-state index contributed by atoms with van der Waals surface area (Å²) in [5.74, 6) is -3.60. The first-order chi connectivity index (χ1) is 17.0. The minimum atomic E-state index is -1.25. The van der Waals surface area contributed by atoms with Gasteiger partial charge in [-0.05, 0) is 30.0 Å².